The van der Waals surface area contributed by atoms with Gasteiger partial charge in [-0.2, -0.15) is 0 Å². The molecule has 2 aromatic carbocycles. The van der Waals surface area contributed by atoms with Gasteiger partial charge in [-0.15, -0.1) is 0 Å². The van der Waals surface area contributed by atoms with Crippen LogP contribution in [0.3, 0.4) is 0 Å². The van der Waals surface area contributed by atoms with Gasteiger partial charge in [0.2, 0.25) is 5.91 Å². The van der Waals surface area contributed by atoms with Gasteiger partial charge in [0.15, 0.2) is 0 Å². The van der Waals surface area contributed by atoms with Gasteiger partial charge in [0.25, 0.3) is 0 Å². The van der Waals surface area contributed by atoms with E-state index < -0.39 is 0 Å². The molecule has 0 aliphatic carbocycles. The molecule has 0 bridgehead atoms. The summed E-state index contributed by atoms with van der Waals surface area (Å²) in [5.74, 6) is 0.937. The summed E-state index contributed by atoms with van der Waals surface area (Å²) in [6, 6.07) is 26.2. The number of hydrogen-bond donors (Lipinski definition) is 0. The number of pyridine rings is 1. The Kier molecular flexibility index (Phi) is 6.20. The first kappa shape index (κ1) is 19.2. The number of ether oxygens (including phenoxy) is 1. The van der Waals surface area contributed by atoms with Gasteiger partial charge in [0, 0.05) is 18.7 Å². The number of rotatable bonds is 7. The molecule has 1 aliphatic rings. The predicted molar refractivity (Wildman–Crippen MR) is 114 cm³/mol. The third-order valence-electron chi connectivity index (χ3n) is 5.30. The molecular formula is C25H26N2O2. The van der Waals surface area contributed by atoms with Crippen LogP contribution in [0.1, 0.15) is 42.3 Å². The minimum absolute atomic E-state index is 0.0648. The van der Waals surface area contributed by atoms with Crippen LogP contribution in [0.5, 0.6) is 5.75 Å². The fourth-order valence-corrected chi connectivity index (χ4v) is 3.88. The van der Waals surface area contributed by atoms with Crippen LogP contribution in [0, 0.1) is 0 Å². The Hall–Kier alpha value is -3.14. The SMILES string of the molecule is O=C(CCOc1ccccc1)N1CCCC1c1cccc(Cc2ccccc2)n1. The van der Waals surface area contributed by atoms with E-state index >= 15 is 0 Å². The highest BCUT2D eigenvalue weighted by Crippen LogP contribution is 2.31. The highest BCUT2D eigenvalue weighted by molar-refractivity contribution is 5.77. The predicted octanol–water partition coefficient (Wildman–Crippen LogP) is 4.81. The van der Waals surface area contributed by atoms with Crippen LogP contribution in [-0.4, -0.2) is 28.9 Å². The minimum Gasteiger partial charge on any atom is -0.493 e. The first-order valence-corrected chi connectivity index (χ1v) is 10.3. The van der Waals surface area contributed by atoms with E-state index in [1.54, 1.807) is 0 Å². The van der Waals surface area contributed by atoms with Gasteiger partial charge >= 0.3 is 0 Å². The van der Waals surface area contributed by atoms with Gasteiger partial charge in [-0.3, -0.25) is 9.78 Å². The highest BCUT2D eigenvalue weighted by atomic mass is 16.5. The molecular weight excluding hydrogens is 360 g/mol. The molecule has 4 rings (SSSR count). The number of carbonyl (C=O) groups is 1. The largest absolute Gasteiger partial charge is 0.493 e. The maximum Gasteiger partial charge on any atom is 0.226 e. The number of benzene rings is 2. The monoisotopic (exact) mass is 386 g/mol. The summed E-state index contributed by atoms with van der Waals surface area (Å²) in [5.41, 5.74) is 3.28. The van der Waals surface area contributed by atoms with Gasteiger partial charge in [0.1, 0.15) is 5.75 Å². The van der Waals surface area contributed by atoms with Crippen molar-refractivity contribution < 1.29 is 9.53 Å². The Morgan fingerprint density at radius 3 is 2.52 bits per heavy atom. The van der Waals surface area contributed by atoms with Crippen LogP contribution in [0.15, 0.2) is 78.9 Å². The van der Waals surface area contributed by atoms with Crippen molar-refractivity contribution in [2.75, 3.05) is 13.2 Å². The molecule has 29 heavy (non-hydrogen) atoms. The molecule has 1 aliphatic heterocycles. The number of likely N-dealkylation sites (tertiary alicyclic amines) is 1. The molecule has 1 atom stereocenters. The summed E-state index contributed by atoms with van der Waals surface area (Å²) < 4.78 is 5.70. The Morgan fingerprint density at radius 2 is 1.72 bits per heavy atom. The fraction of sp³-hybridized carbons (Fsp3) is 0.280. The Balaban J connectivity index is 1.38. The van der Waals surface area contributed by atoms with Crippen molar-refractivity contribution in [1.82, 2.24) is 9.88 Å². The summed E-state index contributed by atoms with van der Waals surface area (Å²) in [6.45, 7) is 1.19. The molecule has 4 nitrogen and oxygen atoms in total. The molecule has 1 unspecified atom stereocenters. The fourth-order valence-electron chi connectivity index (χ4n) is 3.88. The van der Waals surface area contributed by atoms with Crippen molar-refractivity contribution in [3.63, 3.8) is 0 Å². The van der Waals surface area contributed by atoms with Gasteiger partial charge < -0.3 is 9.64 Å². The van der Waals surface area contributed by atoms with Gasteiger partial charge in [-0.25, -0.2) is 0 Å². The number of hydrogen-bond acceptors (Lipinski definition) is 3. The molecule has 2 heterocycles. The lowest BCUT2D eigenvalue weighted by Crippen LogP contribution is -2.32. The molecule has 1 amide bonds. The number of aromatic nitrogens is 1. The normalized spacial score (nSPS) is 16.0. The summed E-state index contributed by atoms with van der Waals surface area (Å²) in [5, 5.41) is 0. The smallest absolute Gasteiger partial charge is 0.226 e. The van der Waals surface area contributed by atoms with E-state index in [2.05, 4.69) is 24.3 Å². The molecule has 1 aromatic heterocycles. The van der Waals surface area contributed by atoms with E-state index in [4.69, 9.17) is 9.72 Å². The zero-order chi connectivity index (χ0) is 19.9. The molecule has 4 heteroatoms. The maximum absolute atomic E-state index is 12.8. The van der Waals surface area contributed by atoms with Gasteiger partial charge in [-0.05, 0) is 42.7 Å². The number of para-hydroxylation sites is 1. The average molecular weight is 386 g/mol. The van der Waals surface area contributed by atoms with Crippen molar-refractivity contribution in [2.45, 2.75) is 31.7 Å². The summed E-state index contributed by atoms with van der Waals surface area (Å²) in [6.07, 6.45) is 3.17. The molecule has 3 aromatic rings. The Bertz CT molecular complexity index is 928. The van der Waals surface area contributed by atoms with E-state index in [1.165, 1.54) is 5.56 Å². The number of amides is 1. The van der Waals surface area contributed by atoms with Crippen LogP contribution in [0.2, 0.25) is 0 Å². The first-order valence-electron chi connectivity index (χ1n) is 10.3. The standard InChI is InChI=1S/C25H26N2O2/c28-25(16-18-29-22-12-5-2-6-13-22)27-17-8-15-24(27)23-14-7-11-21(26-23)19-20-9-3-1-4-10-20/h1-7,9-14,24H,8,15-19H2. The van der Waals surface area contributed by atoms with Crippen LogP contribution < -0.4 is 4.74 Å². The third kappa shape index (κ3) is 5.02. The summed E-state index contributed by atoms with van der Waals surface area (Å²) in [4.78, 5) is 19.7. The first-order chi connectivity index (χ1) is 14.3. The quantitative estimate of drug-likeness (QED) is 0.585. The zero-order valence-corrected chi connectivity index (χ0v) is 16.5. The van der Waals surface area contributed by atoms with E-state index in [0.717, 1.165) is 42.9 Å². The Labute approximate surface area is 172 Å². The second-order valence-corrected chi connectivity index (χ2v) is 7.37. The third-order valence-corrected chi connectivity index (χ3v) is 5.30. The van der Waals surface area contributed by atoms with Crippen molar-refractivity contribution >= 4 is 5.91 Å². The lowest BCUT2D eigenvalue weighted by molar-refractivity contribution is -0.132. The van der Waals surface area contributed by atoms with E-state index in [9.17, 15) is 4.79 Å². The van der Waals surface area contributed by atoms with E-state index in [0.29, 0.717) is 13.0 Å². The lowest BCUT2D eigenvalue weighted by Gasteiger charge is -2.25. The summed E-state index contributed by atoms with van der Waals surface area (Å²) in [7, 11) is 0. The lowest BCUT2D eigenvalue weighted by atomic mass is 10.1. The minimum atomic E-state index is 0.0648. The van der Waals surface area contributed by atoms with E-state index in [1.807, 2.05) is 59.5 Å². The zero-order valence-electron chi connectivity index (χ0n) is 16.5. The molecule has 1 fully saturated rings. The average Bonchev–Trinajstić information content (AvgIpc) is 3.26. The number of nitrogens with zero attached hydrogens (tertiary/aromatic N) is 2. The van der Waals surface area contributed by atoms with Crippen LogP contribution in [0.25, 0.3) is 0 Å². The van der Waals surface area contributed by atoms with Crippen LogP contribution in [0.4, 0.5) is 0 Å². The van der Waals surface area contributed by atoms with Gasteiger partial charge in [-0.1, -0.05) is 54.6 Å². The van der Waals surface area contributed by atoms with Crippen molar-refractivity contribution in [1.29, 1.82) is 0 Å². The van der Waals surface area contributed by atoms with Gasteiger partial charge in [0.05, 0.1) is 24.8 Å². The van der Waals surface area contributed by atoms with Crippen molar-refractivity contribution in [3.8, 4) is 5.75 Å². The molecule has 1 saturated heterocycles. The number of carbonyl (C=O) groups excluding carboxylic acids is 1. The molecule has 148 valence electrons. The Morgan fingerprint density at radius 1 is 0.966 bits per heavy atom. The molecule has 0 spiro atoms. The molecule has 0 N–H and O–H groups in total. The van der Waals surface area contributed by atoms with Crippen LogP contribution >= 0.6 is 0 Å². The van der Waals surface area contributed by atoms with Crippen molar-refractivity contribution in [3.05, 3.63) is 95.8 Å². The topological polar surface area (TPSA) is 42.4 Å². The second-order valence-electron chi connectivity index (χ2n) is 7.37. The summed E-state index contributed by atoms with van der Waals surface area (Å²) >= 11 is 0. The van der Waals surface area contributed by atoms with Crippen LogP contribution in [-0.2, 0) is 11.2 Å². The maximum atomic E-state index is 12.8. The van der Waals surface area contributed by atoms with E-state index in [-0.39, 0.29) is 11.9 Å². The highest BCUT2D eigenvalue weighted by Gasteiger charge is 2.30. The van der Waals surface area contributed by atoms with Crippen molar-refractivity contribution in [2.24, 2.45) is 0 Å². The molecule has 0 radical (unpaired) electrons. The second kappa shape index (κ2) is 9.37. The molecule has 0 saturated carbocycles.